The maximum Gasteiger partial charge on any atom is 0.254 e. The second-order valence-corrected chi connectivity index (χ2v) is 5.51. The quantitative estimate of drug-likeness (QED) is 0.718. The summed E-state index contributed by atoms with van der Waals surface area (Å²) in [5.74, 6) is 0.432. The number of ether oxygens (including phenoxy) is 1. The second-order valence-electron chi connectivity index (χ2n) is 5.51. The SMILES string of the molecule is COc1ccc(-c2noc(CCCCC(C)N)c2C(N)=O)cn1. The molecule has 0 bridgehead atoms. The molecule has 0 aliphatic carbocycles. The maximum atomic E-state index is 11.8. The number of rotatable bonds is 8. The molecule has 0 radical (unpaired) electrons. The van der Waals surface area contributed by atoms with Crippen molar-refractivity contribution in [1.29, 1.82) is 0 Å². The van der Waals surface area contributed by atoms with Crippen molar-refractivity contribution in [3.05, 3.63) is 29.7 Å². The van der Waals surface area contributed by atoms with Crippen LogP contribution >= 0.6 is 0 Å². The lowest BCUT2D eigenvalue weighted by atomic mass is 10.0. The molecule has 0 aliphatic rings. The molecule has 0 aromatic carbocycles. The van der Waals surface area contributed by atoms with Gasteiger partial charge in [-0.05, 0) is 25.8 Å². The number of aryl methyl sites for hydroxylation is 1. The minimum Gasteiger partial charge on any atom is -0.481 e. The summed E-state index contributed by atoms with van der Waals surface area (Å²) in [6.07, 6.45) is 4.91. The van der Waals surface area contributed by atoms with Crippen LogP contribution in [-0.4, -0.2) is 29.2 Å². The number of nitrogens with two attached hydrogens (primary N) is 2. The van der Waals surface area contributed by atoms with E-state index < -0.39 is 5.91 Å². The Bertz CT molecular complexity index is 650. The van der Waals surface area contributed by atoms with Crippen molar-refractivity contribution in [2.24, 2.45) is 11.5 Å². The van der Waals surface area contributed by atoms with Gasteiger partial charge in [-0.1, -0.05) is 11.6 Å². The van der Waals surface area contributed by atoms with Crippen molar-refractivity contribution >= 4 is 5.91 Å². The van der Waals surface area contributed by atoms with E-state index in [0.717, 1.165) is 19.3 Å². The van der Waals surface area contributed by atoms with E-state index in [-0.39, 0.29) is 6.04 Å². The number of carbonyl (C=O) groups excluding carboxylic acids is 1. The number of hydrogen-bond donors (Lipinski definition) is 2. The minimum absolute atomic E-state index is 0.168. The Hall–Kier alpha value is -2.41. The predicted octanol–water partition coefficient (Wildman–Crippen LogP) is 1.90. The summed E-state index contributed by atoms with van der Waals surface area (Å²) >= 11 is 0. The van der Waals surface area contributed by atoms with Gasteiger partial charge in [-0.15, -0.1) is 0 Å². The molecular formula is C16H22N4O3. The van der Waals surface area contributed by atoms with Gasteiger partial charge >= 0.3 is 0 Å². The summed E-state index contributed by atoms with van der Waals surface area (Å²) < 4.78 is 10.3. The van der Waals surface area contributed by atoms with Crippen LogP contribution in [0, 0.1) is 0 Å². The van der Waals surface area contributed by atoms with Crippen molar-refractivity contribution in [2.45, 2.75) is 38.6 Å². The Kier molecular flexibility index (Phi) is 5.70. The third-order valence-corrected chi connectivity index (χ3v) is 3.54. The molecule has 4 N–H and O–H groups in total. The molecular weight excluding hydrogens is 296 g/mol. The Labute approximate surface area is 135 Å². The highest BCUT2D eigenvalue weighted by atomic mass is 16.5. The summed E-state index contributed by atoms with van der Waals surface area (Å²) in [5, 5.41) is 4.00. The minimum atomic E-state index is -0.556. The lowest BCUT2D eigenvalue weighted by Crippen LogP contribution is -2.15. The fraction of sp³-hybridized carbons (Fsp3) is 0.438. The normalized spacial score (nSPS) is 12.1. The van der Waals surface area contributed by atoms with Crippen LogP contribution in [-0.2, 0) is 6.42 Å². The Morgan fingerprint density at radius 3 is 2.74 bits per heavy atom. The molecule has 23 heavy (non-hydrogen) atoms. The molecule has 2 aromatic rings. The number of unbranched alkanes of at least 4 members (excludes halogenated alkanes) is 1. The Morgan fingerprint density at radius 1 is 1.39 bits per heavy atom. The molecule has 1 amide bonds. The average Bonchev–Trinajstić information content (AvgIpc) is 2.95. The van der Waals surface area contributed by atoms with E-state index in [1.165, 1.54) is 7.11 Å². The van der Waals surface area contributed by atoms with Crippen molar-refractivity contribution in [2.75, 3.05) is 7.11 Å². The van der Waals surface area contributed by atoms with Crippen LogP contribution in [0.1, 0.15) is 42.3 Å². The summed E-state index contributed by atoms with van der Waals surface area (Å²) in [5.41, 5.74) is 12.6. The van der Waals surface area contributed by atoms with Crippen molar-refractivity contribution in [3.8, 4) is 17.1 Å². The van der Waals surface area contributed by atoms with Gasteiger partial charge in [0.15, 0.2) is 0 Å². The van der Waals surface area contributed by atoms with Crippen LogP contribution in [0.5, 0.6) is 5.88 Å². The number of pyridine rings is 1. The topological polar surface area (TPSA) is 117 Å². The van der Waals surface area contributed by atoms with Gasteiger partial charge in [0.25, 0.3) is 5.91 Å². The summed E-state index contributed by atoms with van der Waals surface area (Å²) in [6.45, 7) is 1.97. The first kappa shape index (κ1) is 17.0. The third kappa shape index (κ3) is 4.29. The first-order valence-electron chi connectivity index (χ1n) is 7.57. The Balaban J connectivity index is 2.18. The number of amides is 1. The van der Waals surface area contributed by atoms with Crippen LogP contribution < -0.4 is 16.2 Å². The zero-order valence-electron chi connectivity index (χ0n) is 13.4. The van der Waals surface area contributed by atoms with Gasteiger partial charge in [0, 0.05) is 30.3 Å². The second kappa shape index (κ2) is 7.73. The lowest BCUT2D eigenvalue weighted by molar-refractivity contribution is 0.0999. The number of aromatic nitrogens is 2. The molecule has 2 aromatic heterocycles. The van der Waals surface area contributed by atoms with E-state index in [9.17, 15) is 4.79 Å². The zero-order valence-corrected chi connectivity index (χ0v) is 13.4. The van der Waals surface area contributed by atoms with Crippen molar-refractivity contribution in [3.63, 3.8) is 0 Å². The smallest absolute Gasteiger partial charge is 0.254 e. The van der Waals surface area contributed by atoms with Crippen LogP contribution in [0.3, 0.4) is 0 Å². The van der Waals surface area contributed by atoms with E-state index in [2.05, 4.69) is 10.1 Å². The van der Waals surface area contributed by atoms with E-state index in [0.29, 0.717) is 34.9 Å². The average molecular weight is 318 g/mol. The van der Waals surface area contributed by atoms with Gasteiger partial charge in [0.2, 0.25) is 5.88 Å². The van der Waals surface area contributed by atoms with Gasteiger partial charge in [0.05, 0.1) is 7.11 Å². The number of primary amides is 1. The molecule has 0 saturated carbocycles. The van der Waals surface area contributed by atoms with Crippen molar-refractivity contribution in [1.82, 2.24) is 10.1 Å². The number of methoxy groups -OCH3 is 1. The van der Waals surface area contributed by atoms with Crippen LogP contribution in [0.25, 0.3) is 11.3 Å². The highest BCUT2D eigenvalue weighted by molar-refractivity contribution is 5.99. The molecule has 1 unspecified atom stereocenters. The Morgan fingerprint density at radius 2 is 2.17 bits per heavy atom. The largest absolute Gasteiger partial charge is 0.481 e. The lowest BCUT2D eigenvalue weighted by Gasteiger charge is -2.04. The molecule has 0 aliphatic heterocycles. The molecule has 7 nitrogen and oxygen atoms in total. The fourth-order valence-electron chi connectivity index (χ4n) is 2.34. The predicted molar refractivity (Wildman–Crippen MR) is 86.0 cm³/mol. The first-order chi connectivity index (χ1) is 11.0. The van der Waals surface area contributed by atoms with E-state index in [4.69, 9.17) is 20.7 Å². The third-order valence-electron chi connectivity index (χ3n) is 3.54. The molecule has 1 atom stereocenters. The fourth-order valence-corrected chi connectivity index (χ4v) is 2.34. The molecule has 124 valence electrons. The van der Waals surface area contributed by atoms with Crippen molar-refractivity contribution < 1.29 is 14.1 Å². The van der Waals surface area contributed by atoms with E-state index in [1.807, 2.05) is 6.92 Å². The van der Waals surface area contributed by atoms with Crippen LogP contribution in [0.4, 0.5) is 0 Å². The monoisotopic (exact) mass is 318 g/mol. The van der Waals surface area contributed by atoms with Crippen LogP contribution in [0.2, 0.25) is 0 Å². The van der Waals surface area contributed by atoms with Gasteiger partial charge < -0.3 is 20.7 Å². The molecule has 0 saturated heterocycles. The number of nitrogens with zero attached hydrogens (tertiary/aromatic N) is 2. The zero-order chi connectivity index (χ0) is 16.8. The molecule has 2 heterocycles. The molecule has 0 spiro atoms. The summed E-state index contributed by atoms with van der Waals surface area (Å²) in [6, 6.07) is 3.62. The van der Waals surface area contributed by atoms with Gasteiger partial charge in [-0.3, -0.25) is 4.79 Å². The summed E-state index contributed by atoms with van der Waals surface area (Å²) in [7, 11) is 1.53. The highest BCUT2D eigenvalue weighted by Gasteiger charge is 2.22. The summed E-state index contributed by atoms with van der Waals surface area (Å²) in [4.78, 5) is 15.9. The van der Waals surface area contributed by atoms with Gasteiger partial charge in [-0.2, -0.15) is 0 Å². The van der Waals surface area contributed by atoms with Gasteiger partial charge in [-0.25, -0.2) is 4.98 Å². The van der Waals surface area contributed by atoms with Gasteiger partial charge in [0.1, 0.15) is 17.0 Å². The highest BCUT2D eigenvalue weighted by Crippen LogP contribution is 2.26. The maximum absolute atomic E-state index is 11.8. The van der Waals surface area contributed by atoms with Crippen LogP contribution in [0.15, 0.2) is 22.9 Å². The van der Waals surface area contributed by atoms with E-state index >= 15 is 0 Å². The van der Waals surface area contributed by atoms with E-state index in [1.54, 1.807) is 18.3 Å². The molecule has 2 rings (SSSR count). The number of hydrogen-bond acceptors (Lipinski definition) is 6. The standard InChI is InChI=1S/C16H22N4O3/c1-10(17)5-3-4-6-12-14(16(18)21)15(20-23-12)11-7-8-13(22-2)19-9-11/h7-10H,3-6,17H2,1-2H3,(H2,18,21). The molecule has 7 heteroatoms. The first-order valence-corrected chi connectivity index (χ1v) is 7.57. The molecule has 0 fully saturated rings. The number of carbonyl (C=O) groups is 1.